The third-order valence-corrected chi connectivity index (χ3v) is 2.89. The fourth-order valence-electron chi connectivity index (χ4n) is 0.784. The Bertz CT molecular complexity index is 324. The van der Waals surface area contributed by atoms with Crippen LogP contribution in [0, 0.1) is 0 Å². The van der Waals surface area contributed by atoms with Gasteiger partial charge in [0.1, 0.15) is 0 Å². The molecule has 0 aromatic rings. The molecular formula is C7H14N2O5S. The molecule has 0 aliphatic carbocycles. The predicted molar refractivity (Wildman–Crippen MR) is 52.5 cm³/mol. The summed E-state index contributed by atoms with van der Waals surface area (Å²) in [5.41, 5.74) is 4.85. The van der Waals surface area contributed by atoms with Gasteiger partial charge in [-0.2, -0.15) is 0 Å². The van der Waals surface area contributed by atoms with E-state index in [0.29, 0.717) is 6.42 Å². The third kappa shape index (κ3) is 9.16. The van der Waals surface area contributed by atoms with Crippen molar-refractivity contribution in [2.45, 2.75) is 19.3 Å². The van der Waals surface area contributed by atoms with Crippen LogP contribution in [0.4, 0.5) is 0 Å². The quantitative estimate of drug-likeness (QED) is 0.450. The molecular weight excluding hydrogens is 224 g/mol. The Kier molecular flexibility index (Phi) is 5.87. The number of hydrogen-bond donors (Lipinski definition) is 3. The van der Waals surface area contributed by atoms with E-state index in [1.54, 1.807) is 0 Å². The molecule has 0 fully saturated rings. The fraction of sp³-hybridized carbons (Fsp3) is 0.714. The van der Waals surface area contributed by atoms with Crippen molar-refractivity contribution in [3.63, 3.8) is 0 Å². The number of nitrogens with one attached hydrogen (secondary N) is 1. The highest BCUT2D eigenvalue weighted by Gasteiger charge is 2.11. The Balaban J connectivity index is 3.75. The van der Waals surface area contributed by atoms with Crippen LogP contribution in [0.5, 0.6) is 0 Å². The van der Waals surface area contributed by atoms with E-state index < -0.39 is 34.1 Å². The molecule has 0 radical (unpaired) electrons. The van der Waals surface area contributed by atoms with Gasteiger partial charge in [-0.05, 0) is 6.42 Å². The summed E-state index contributed by atoms with van der Waals surface area (Å²) < 4.78 is 24.3. The Morgan fingerprint density at radius 1 is 1.27 bits per heavy atom. The molecule has 0 aliphatic heterocycles. The Labute approximate surface area is 87.7 Å². The summed E-state index contributed by atoms with van der Waals surface area (Å²) in [4.78, 5) is 20.4. The van der Waals surface area contributed by atoms with Gasteiger partial charge in [0.05, 0.1) is 12.2 Å². The molecule has 0 atom stereocenters. The summed E-state index contributed by atoms with van der Waals surface area (Å²) in [5, 5.41) is 8.27. The lowest BCUT2D eigenvalue weighted by Gasteiger charge is -2.03. The van der Waals surface area contributed by atoms with Gasteiger partial charge >= 0.3 is 5.97 Å². The normalized spacial score (nSPS) is 11.2. The first-order valence-corrected chi connectivity index (χ1v) is 5.96. The molecule has 4 N–H and O–H groups in total. The maximum Gasteiger partial charge on any atom is 0.304 e. The summed E-state index contributed by atoms with van der Waals surface area (Å²) in [7, 11) is -3.56. The van der Waals surface area contributed by atoms with Gasteiger partial charge in [0.15, 0.2) is 0 Å². The van der Waals surface area contributed by atoms with Crippen molar-refractivity contribution in [2.24, 2.45) is 5.73 Å². The van der Waals surface area contributed by atoms with Gasteiger partial charge in [0.2, 0.25) is 15.9 Å². The van der Waals surface area contributed by atoms with Crippen molar-refractivity contribution in [1.82, 2.24) is 4.72 Å². The number of amides is 1. The molecule has 0 saturated heterocycles. The van der Waals surface area contributed by atoms with Gasteiger partial charge in [0.25, 0.3) is 0 Å². The minimum absolute atomic E-state index is 0.0882. The van der Waals surface area contributed by atoms with E-state index in [1.165, 1.54) is 0 Å². The van der Waals surface area contributed by atoms with E-state index >= 15 is 0 Å². The molecule has 88 valence electrons. The first-order valence-electron chi connectivity index (χ1n) is 4.31. The van der Waals surface area contributed by atoms with E-state index in [-0.39, 0.29) is 13.0 Å². The number of hydrogen-bond acceptors (Lipinski definition) is 4. The standard InChI is InChI=1S/C7H14N2O5S/c8-6(10)2-1-4-9-15(13,14)5-3-7(11)12/h9H,1-5H2,(H2,8,10)(H,11,12). The van der Waals surface area contributed by atoms with Gasteiger partial charge in [-0.1, -0.05) is 0 Å². The fourth-order valence-corrected chi connectivity index (χ4v) is 1.83. The second-order valence-corrected chi connectivity index (χ2v) is 4.85. The van der Waals surface area contributed by atoms with Crippen LogP contribution in [0.25, 0.3) is 0 Å². The number of rotatable bonds is 8. The second-order valence-electron chi connectivity index (χ2n) is 2.93. The van der Waals surface area contributed by atoms with Gasteiger partial charge < -0.3 is 10.8 Å². The van der Waals surface area contributed by atoms with Gasteiger partial charge in [-0.25, -0.2) is 13.1 Å². The summed E-state index contributed by atoms with van der Waals surface area (Å²) in [6.45, 7) is 0.0882. The number of carboxylic acid groups (broad SMARTS) is 1. The van der Waals surface area contributed by atoms with Crippen molar-refractivity contribution in [1.29, 1.82) is 0 Å². The first kappa shape index (κ1) is 13.8. The molecule has 0 aromatic heterocycles. The van der Waals surface area contributed by atoms with Crippen molar-refractivity contribution in [3.05, 3.63) is 0 Å². The number of primary amides is 1. The maximum absolute atomic E-state index is 11.1. The number of aliphatic carboxylic acids is 1. The molecule has 8 heteroatoms. The molecule has 0 spiro atoms. The molecule has 0 rings (SSSR count). The number of nitrogens with two attached hydrogens (primary N) is 1. The summed E-state index contributed by atoms with van der Waals surface area (Å²) in [6, 6.07) is 0. The van der Waals surface area contributed by atoms with Crippen LogP contribution in [0.1, 0.15) is 19.3 Å². The predicted octanol–water partition coefficient (Wildman–Crippen LogP) is -1.35. The van der Waals surface area contributed by atoms with Crippen LogP contribution in [0.15, 0.2) is 0 Å². The van der Waals surface area contributed by atoms with E-state index in [2.05, 4.69) is 4.72 Å². The molecule has 0 aromatic carbocycles. The highest BCUT2D eigenvalue weighted by atomic mass is 32.2. The van der Waals surface area contributed by atoms with Crippen LogP contribution in [0.3, 0.4) is 0 Å². The molecule has 0 aliphatic rings. The van der Waals surface area contributed by atoms with Gasteiger partial charge in [0, 0.05) is 13.0 Å². The van der Waals surface area contributed by atoms with E-state index in [0.717, 1.165) is 0 Å². The second kappa shape index (κ2) is 6.36. The molecule has 0 bridgehead atoms. The Hall–Kier alpha value is -1.15. The van der Waals surface area contributed by atoms with Crippen molar-refractivity contribution in [2.75, 3.05) is 12.3 Å². The number of carbonyl (C=O) groups is 2. The minimum atomic E-state index is -3.56. The average molecular weight is 238 g/mol. The van der Waals surface area contributed by atoms with Crippen LogP contribution in [-0.2, 0) is 19.6 Å². The molecule has 0 unspecified atom stereocenters. The van der Waals surface area contributed by atoms with Crippen LogP contribution >= 0.6 is 0 Å². The summed E-state index contributed by atoms with van der Waals surface area (Å²) >= 11 is 0. The highest BCUT2D eigenvalue weighted by Crippen LogP contribution is 1.92. The Morgan fingerprint density at radius 3 is 2.33 bits per heavy atom. The Morgan fingerprint density at radius 2 is 1.87 bits per heavy atom. The zero-order valence-electron chi connectivity index (χ0n) is 8.10. The van der Waals surface area contributed by atoms with Crippen LogP contribution < -0.4 is 10.5 Å². The lowest BCUT2D eigenvalue weighted by molar-refractivity contribution is -0.136. The average Bonchev–Trinajstić information content (AvgIpc) is 2.09. The first-order chi connectivity index (χ1) is 6.83. The van der Waals surface area contributed by atoms with E-state index in [1.807, 2.05) is 0 Å². The van der Waals surface area contributed by atoms with Gasteiger partial charge in [-0.3, -0.25) is 9.59 Å². The van der Waals surface area contributed by atoms with Crippen molar-refractivity contribution >= 4 is 21.9 Å². The maximum atomic E-state index is 11.1. The summed E-state index contributed by atoms with van der Waals surface area (Å²) in [6.07, 6.45) is -0.0335. The largest absolute Gasteiger partial charge is 0.481 e. The monoisotopic (exact) mass is 238 g/mol. The molecule has 0 heterocycles. The lowest BCUT2D eigenvalue weighted by atomic mass is 10.3. The van der Waals surface area contributed by atoms with E-state index in [4.69, 9.17) is 10.8 Å². The van der Waals surface area contributed by atoms with Gasteiger partial charge in [-0.15, -0.1) is 0 Å². The zero-order chi connectivity index (χ0) is 11.9. The number of carboxylic acids is 1. The lowest BCUT2D eigenvalue weighted by Crippen LogP contribution is -2.29. The molecule has 15 heavy (non-hydrogen) atoms. The molecule has 1 amide bonds. The number of sulfonamides is 1. The third-order valence-electron chi connectivity index (χ3n) is 1.51. The SMILES string of the molecule is NC(=O)CCCNS(=O)(=O)CCC(=O)O. The van der Waals surface area contributed by atoms with Crippen LogP contribution in [0.2, 0.25) is 0 Å². The topological polar surface area (TPSA) is 127 Å². The van der Waals surface area contributed by atoms with Crippen molar-refractivity contribution in [3.8, 4) is 0 Å². The smallest absolute Gasteiger partial charge is 0.304 e. The minimum Gasteiger partial charge on any atom is -0.481 e. The van der Waals surface area contributed by atoms with Crippen molar-refractivity contribution < 1.29 is 23.1 Å². The number of carbonyl (C=O) groups excluding carboxylic acids is 1. The highest BCUT2D eigenvalue weighted by molar-refractivity contribution is 7.89. The van der Waals surface area contributed by atoms with E-state index in [9.17, 15) is 18.0 Å². The molecule has 7 nitrogen and oxygen atoms in total. The summed E-state index contributed by atoms with van der Waals surface area (Å²) in [5.74, 6) is -2.13. The zero-order valence-corrected chi connectivity index (χ0v) is 8.92. The van der Waals surface area contributed by atoms with Crippen LogP contribution in [-0.4, -0.2) is 37.7 Å². The molecule has 0 saturated carbocycles.